The molecule has 0 saturated carbocycles. The van der Waals surface area contributed by atoms with Crippen LogP contribution in [0, 0.1) is 6.92 Å². The van der Waals surface area contributed by atoms with E-state index in [9.17, 15) is 9.59 Å². The number of esters is 1. The first-order valence-electron chi connectivity index (χ1n) is 9.40. The number of thiophene rings is 1. The summed E-state index contributed by atoms with van der Waals surface area (Å²) in [5.41, 5.74) is 8.76. The summed E-state index contributed by atoms with van der Waals surface area (Å²) in [6, 6.07) is 18.9. The van der Waals surface area contributed by atoms with Gasteiger partial charge in [-0.15, -0.1) is 11.3 Å². The Balaban J connectivity index is 1.61. The molecule has 0 radical (unpaired) electrons. The fraction of sp³-hybridized carbons (Fsp3) is 0.217. The Morgan fingerprint density at radius 2 is 1.86 bits per heavy atom. The number of rotatable bonds is 8. The SMILES string of the molecule is Cc1ccc(C(=O)OCC(=O)N(CCc2ccccc2)Cc2cccs2)cc1N. The second kappa shape index (κ2) is 9.89. The van der Waals surface area contributed by atoms with Crippen LogP contribution in [0.4, 0.5) is 5.69 Å². The van der Waals surface area contributed by atoms with Crippen molar-refractivity contribution >= 4 is 28.9 Å². The van der Waals surface area contributed by atoms with Crippen molar-refractivity contribution in [2.24, 2.45) is 0 Å². The largest absolute Gasteiger partial charge is 0.452 e. The number of carbonyl (C=O) groups is 2. The average Bonchev–Trinajstić information content (AvgIpc) is 3.25. The van der Waals surface area contributed by atoms with Gasteiger partial charge in [0.25, 0.3) is 5.91 Å². The van der Waals surface area contributed by atoms with Crippen molar-refractivity contribution in [2.75, 3.05) is 18.9 Å². The molecule has 0 spiro atoms. The highest BCUT2D eigenvalue weighted by Crippen LogP contribution is 2.15. The molecule has 3 rings (SSSR count). The quantitative estimate of drug-likeness (QED) is 0.450. The van der Waals surface area contributed by atoms with Gasteiger partial charge in [-0.2, -0.15) is 0 Å². The van der Waals surface area contributed by atoms with Gasteiger partial charge < -0.3 is 15.4 Å². The van der Waals surface area contributed by atoms with Gasteiger partial charge in [0.2, 0.25) is 0 Å². The lowest BCUT2D eigenvalue weighted by molar-refractivity contribution is -0.135. The second-order valence-electron chi connectivity index (χ2n) is 6.78. The van der Waals surface area contributed by atoms with E-state index in [0.717, 1.165) is 22.4 Å². The minimum atomic E-state index is -0.552. The van der Waals surface area contributed by atoms with Crippen LogP contribution in [-0.2, 0) is 22.5 Å². The molecule has 0 saturated heterocycles. The van der Waals surface area contributed by atoms with Gasteiger partial charge in [-0.25, -0.2) is 4.79 Å². The van der Waals surface area contributed by atoms with Crippen LogP contribution in [0.15, 0.2) is 66.0 Å². The maximum Gasteiger partial charge on any atom is 0.338 e. The van der Waals surface area contributed by atoms with Gasteiger partial charge in [-0.3, -0.25) is 4.79 Å². The molecule has 1 heterocycles. The molecule has 0 atom stereocenters. The predicted molar refractivity (Wildman–Crippen MR) is 116 cm³/mol. The summed E-state index contributed by atoms with van der Waals surface area (Å²) < 4.78 is 5.25. The molecule has 0 aliphatic heterocycles. The molecule has 2 N–H and O–H groups in total. The monoisotopic (exact) mass is 408 g/mol. The molecule has 2 aromatic carbocycles. The number of nitrogens with two attached hydrogens (primary N) is 1. The number of amides is 1. The van der Waals surface area contributed by atoms with Gasteiger partial charge in [0.1, 0.15) is 0 Å². The van der Waals surface area contributed by atoms with E-state index in [1.807, 2.05) is 54.8 Å². The van der Waals surface area contributed by atoms with E-state index in [2.05, 4.69) is 0 Å². The molecule has 0 unspecified atom stereocenters. The Labute approximate surface area is 174 Å². The molecule has 1 amide bonds. The van der Waals surface area contributed by atoms with E-state index in [-0.39, 0.29) is 12.5 Å². The summed E-state index contributed by atoms with van der Waals surface area (Å²) in [5, 5.41) is 1.98. The molecule has 0 aliphatic carbocycles. The Kier molecular flexibility index (Phi) is 7.03. The summed E-state index contributed by atoms with van der Waals surface area (Å²) in [4.78, 5) is 27.9. The lowest BCUT2D eigenvalue weighted by atomic mass is 10.1. The second-order valence-corrected chi connectivity index (χ2v) is 7.81. The molecule has 3 aromatic rings. The number of aryl methyl sites for hydroxylation is 1. The van der Waals surface area contributed by atoms with Crippen LogP contribution in [0.3, 0.4) is 0 Å². The topological polar surface area (TPSA) is 72.6 Å². The zero-order chi connectivity index (χ0) is 20.6. The number of hydrogen-bond donors (Lipinski definition) is 1. The minimum absolute atomic E-state index is 0.220. The van der Waals surface area contributed by atoms with Gasteiger partial charge in [0.15, 0.2) is 6.61 Å². The molecule has 0 aliphatic rings. The minimum Gasteiger partial charge on any atom is -0.452 e. The van der Waals surface area contributed by atoms with Gasteiger partial charge in [-0.1, -0.05) is 42.5 Å². The summed E-state index contributed by atoms with van der Waals surface area (Å²) in [6.07, 6.45) is 0.737. The molecule has 29 heavy (non-hydrogen) atoms. The molecule has 1 aromatic heterocycles. The number of nitrogen functional groups attached to an aromatic ring is 1. The van der Waals surface area contributed by atoms with Crippen molar-refractivity contribution in [2.45, 2.75) is 19.9 Å². The summed E-state index contributed by atoms with van der Waals surface area (Å²) in [5.74, 6) is -0.771. The Hall–Kier alpha value is -3.12. The van der Waals surface area contributed by atoms with Crippen LogP contribution in [0.5, 0.6) is 0 Å². The number of ether oxygens (including phenoxy) is 1. The van der Waals surface area contributed by atoms with Crippen molar-refractivity contribution < 1.29 is 14.3 Å². The van der Waals surface area contributed by atoms with Crippen LogP contribution in [0.2, 0.25) is 0 Å². The van der Waals surface area contributed by atoms with Crippen LogP contribution >= 0.6 is 11.3 Å². The smallest absolute Gasteiger partial charge is 0.338 e. The standard InChI is InChI=1S/C23H24N2O3S/c1-17-9-10-19(14-21(17)24)23(27)28-16-22(26)25(15-20-8-5-13-29-20)12-11-18-6-3-2-4-7-18/h2-10,13-14H,11-12,15-16,24H2,1H3. The highest BCUT2D eigenvalue weighted by Gasteiger charge is 2.18. The van der Waals surface area contributed by atoms with Crippen molar-refractivity contribution in [3.05, 3.63) is 87.6 Å². The van der Waals surface area contributed by atoms with Crippen LogP contribution in [0.1, 0.15) is 26.4 Å². The highest BCUT2D eigenvalue weighted by atomic mass is 32.1. The van der Waals surface area contributed by atoms with Crippen LogP contribution in [-0.4, -0.2) is 29.9 Å². The number of hydrogen-bond acceptors (Lipinski definition) is 5. The molecule has 0 bridgehead atoms. The fourth-order valence-corrected chi connectivity index (χ4v) is 3.58. The van der Waals surface area contributed by atoms with E-state index in [1.54, 1.807) is 34.4 Å². The summed E-state index contributed by atoms with van der Waals surface area (Å²) in [7, 11) is 0. The molecular formula is C23H24N2O3S. The number of benzene rings is 2. The van der Waals surface area contributed by atoms with E-state index < -0.39 is 5.97 Å². The molecule has 5 nitrogen and oxygen atoms in total. The molecule has 150 valence electrons. The lowest BCUT2D eigenvalue weighted by Gasteiger charge is -2.22. The first-order valence-corrected chi connectivity index (χ1v) is 10.3. The van der Waals surface area contributed by atoms with E-state index in [4.69, 9.17) is 10.5 Å². The molecule has 0 fully saturated rings. The van der Waals surface area contributed by atoms with Crippen molar-refractivity contribution in [3.8, 4) is 0 Å². The van der Waals surface area contributed by atoms with Crippen molar-refractivity contribution in [3.63, 3.8) is 0 Å². The Morgan fingerprint density at radius 1 is 1.07 bits per heavy atom. The van der Waals surface area contributed by atoms with Gasteiger partial charge in [0, 0.05) is 17.1 Å². The first-order chi connectivity index (χ1) is 14.0. The summed E-state index contributed by atoms with van der Waals surface area (Å²) in [6.45, 7) is 2.62. The van der Waals surface area contributed by atoms with Gasteiger partial charge in [-0.05, 0) is 48.1 Å². The lowest BCUT2D eigenvalue weighted by Crippen LogP contribution is -2.35. The zero-order valence-corrected chi connectivity index (χ0v) is 17.2. The van der Waals surface area contributed by atoms with E-state index >= 15 is 0 Å². The highest BCUT2D eigenvalue weighted by molar-refractivity contribution is 7.09. The van der Waals surface area contributed by atoms with Gasteiger partial charge in [0.05, 0.1) is 12.1 Å². The average molecular weight is 409 g/mol. The Morgan fingerprint density at radius 3 is 2.55 bits per heavy atom. The van der Waals surface area contributed by atoms with E-state index in [0.29, 0.717) is 24.3 Å². The first kappa shape index (κ1) is 20.6. The molecular weight excluding hydrogens is 384 g/mol. The van der Waals surface area contributed by atoms with Crippen LogP contribution < -0.4 is 5.73 Å². The number of anilines is 1. The summed E-state index contributed by atoms with van der Waals surface area (Å²) >= 11 is 1.60. The maximum absolute atomic E-state index is 12.8. The number of carbonyl (C=O) groups excluding carboxylic acids is 2. The van der Waals surface area contributed by atoms with Crippen molar-refractivity contribution in [1.82, 2.24) is 4.90 Å². The third kappa shape index (κ3) is 5.93. The normalized spacial score (nSPS) is 10.5. The number of nitrogens with zero attached hydrogens (tertiary/aromatic N) is 1. The molecule has 6 heteroatoms. The third-order valence-electron chi connectivity index (χ3n) is 4.63. The maximum atomic E-state index is 12.8. The van der Waals surface area contributed by atoms with Gasteiger partial charge >= 0.3 is 5.97 Å². The Bertz CT molecular complexity index is 956. The van der Waals surface area contributed by atoms with E-state index in [1.165, 1.54) is 0 Å². The predicted octanol–water partition coefficient (Wildman–Crippen LogP) is 4.07. The fourth-order valence-electron chi connectivity index (χ4n) is 2.86. The van der Waals surface area contributed by atoms with Crippen molar-refractivity contribution in [1.29, 1.82) is 0 Å². The zero-order valence-electron chi connectivity index (χ0n) is 16.3. The van der Waals surface area contributed by atoms with Crippen LogP contribution in [0.25, 0.3) is 0 Å². The third-order valence-corrected chi connectivity index (χ3v) is 5.50.